The zero-order chi connectivity index (χ0) is 23.4. The van der Waals surface area contributed by atoms with Gasteiger partial charge in [-0.25, -0.2) is 27.5 Å². The summed E-state index contributed by atoms with van der Waals surface area (Å²) in [5, 5.41) is 10.5. The number of sulfonamides is 1. The van der Waals surface area contributed by atoms with Crippen LogP contribution in [0.1, 0.15) is 22.8 Å². The average Bonchev–Trinajstić information content (AvgIpc) is 2.67. The molecule has 15 heteroatoms. The van der Waals surface area contributed by atoms with Crippen molar-refractivity contribution < 1.29 is 35.5 Å². The van der Waals surface area contributed by atoms with E-state index in [4.69, 9.17) is 21.6 Å². The summed E-state index contributed by atoms with van der Waals surface area (Å²) < 4.78 is 79.7. The number of alkyl halides is 3. The van der Waals surface area contributed by atoms with Crippen LogP contribution >= 0.6 is 11.6 Å². The van der Waals surface area contributed by atoms with Gasteiger partial charge >= 0.3 is 15.5 Å². The molecule has 2 aromatic rings. The Hall–Kier alpha value is -3.02. The molecule has 2 N–H and O–H groups in total. The van der Waals surface area contributed by atoms with Crippen LogP contribution in [0.15, 0.2) is 24.5 Å². The maximum absolute atomic E-state index is 13.9. The lowest BCUT2D eigenvalue weighted by Crippen LogP contribution is -2.43. The quantitative estimate of drug-likeness (QED) is 0.458. The number of nitrogens with one attached hydrogen (secondary N) is 2. The first-order chi connectivity index (χ1) is 14.3. The lowest BCUT2D eigenvalue weighted by Gasteiger charge is -2.16. The van der Waals surface area contributed by atoms with E-state index in [2.05, 4.69) is 15.3 Å². The highest BCUT2D eigenvalue weighted by Crippen LogP contribution is 2.23. The van der Waals surface area contributed by atoms with E-state index in [1.165, 1.54) is 4.72 Å². The Morgan fingerprint density at radius 2 is 2.00 bits per heavy atom. The molecule has 0 aliphatic rings. The third-order valence-corrected chi connectivity index (χ3v) is 5.05. The number of hydrogen-bond acceptors (Lipinski definition) is 7. The first-order valence-electron chi connectivity index (χ1n) is 8.08. The van der Waals surface area contributed by atoms with E-state index < -0.39 is 45.7 Å². The Balaban J connectivity index is 2.10. The van der Waals surface area contributed by atoms with E-state index in [1.807, 2.05) is 0 Å². The number of nitrogens with zero attached hydrogens (tertiary/aromatic N) is 3. The number of aromatic nitrogens is 2. The molecule has 1 atom stereocenters. The van der Waals surface area contributed by atoms with Gasteiger partial charge in [0.2, 0.25) is 0 Å². The molecular formula is C16H12ClF4N5O4S. The van der Waals surface area contributed by atoms with Crippen molar-refractivity contribution in [3.63, 3.8) is 0 Å². The normalized spacial score (nSPS) is 12.7. The van der Waals surface area contributed by atoms with Crippen molar-refractivity contribution in [2.24, 2.45) is 0 Å². The number of anilines is 1. The summed E-state index contributed by atoms with van der Waals surface area (Å²) in [6.45, 7) is 0.588. The molecule has 0 spiro atoms. The molecule has 31 heavy (non-hydrogen) atoms. The van der Waals surface area contributed by atoms with Crippen molar-refractivity contribution in [3.8, 4) is 11.8 Å². The van der Waals surface area contributed by atoms with Crippen LogP contribution in [0.5, 0.6) is 5.75 Å². The molecular weight excluding hydrogens is 470 g/mol. The van der Waals surface area contributed by atoms with Crippen molar-refractivity contribution in [1.82, 2.24) is 14.7 Å². The van der Waals surface area contributed by atoms with Crippen LogP contribution < -0.4 is 14.8 Å². The standard InChI is InChI=1S/C16H12ClF4N5O4S/c1-8(26-31(28,29)16(19,20)21)7-30-10-3-11(13(17)23-6-10)15(27)25-14-12(18)2-9(4-22)5-24-14/h2-3,5-6,8,26H,7H2,1H3,(H,24,25,27)/t8-/m0/s1. The predicted octanol–water partition coefficient (Wildman–Crippen LogP) is 2.60. The van der Waals surface area contributed by atoms with Gasteiger partial charge in [0, 0.05) is 6.20 Å². The van der Waals surface area contributed by atoms with E-state index in [1.54, 1.807) is 6.07 Å². The van der Waals surface area contributed by atoms with Crippen molar-refractivity contribution in [2.45, 2.75) is 18.5 Å². The Labute approximate surface area is 178 Å². The predicted molar refractivity (Wildman–Crippen MR) is 99.2 cm³/mol. The molecule has 9 nitrogen and oxygen atoms in total. The van der Waals surface area contributed by atoms with Gasteiger partial charge in [0.15, 0.2) is 11.6 Å². The summed E-state index contributed by atoms with van der Waals surface area (Å²) in [5.74, 6) is -2.53. The molecule has 2 heterocycles. The molecule has 0 saturated heterocycles. The third kappa shape index (κ3) is 6.23. The van der Waals surface area contributed by atoms with Crippen LogP contribution in [-0.2, 0) is 10.0 Å². The lowest BCUT2D eigenvalue weighted by atomic mass is 10.2. The van der Waals surface area contributed by atoms with E-state index in [9.17, 15) is 30.8 Å². The molecule has 0 radical (unpaired) electrons. The van der Waals surface area contributed by atoms with Gasteiger partial charge in [0.05, 0.1) is 23.4 Å². The molecule has 0 aliphatic carbocycles. The van der Waals surface area contributed by atoms with Gasteiger partial charge in [-0.3, -0.25) is 4.79 Å². The minimum atomic E-state index is -5.57. The summed E-state index contributed by atoms with van der Waals surface area (Å²) in [5.41, 5.74) is -5.84. The zero-order valence-electron chi connectivity index (χ0n) is 15.4. The maximum atomic E-state index is 13.9. The van der Waals surface area contributed by atoms with Crippen molar-refractivity contribution in [1.29, 1.82) is 5.26 Å². The van der Waals surface area contributed by atoms with Gasteiger partial charge in [0.25, 0.3) is 5.91 Å². The van der Waals surface area contributed by atoms with Crippen molar-refractivity contribution in [2.75, 3.05) is 11.9 Å². The fraction of sp³-hybridized carbons (Fsp3) is 0.250. The van der Waals surface area contributed by atoms with Gasteiger partial charge in [-0.15, -0.1) is 0 Å². The minimum absolute atomic E-state index is 0.0686. The first-order valence-corrected chi connectivity index (χ1v) is 9.94. The average molecular weight is 482 g/mol. The number of hydrogen-bond donors (Lipinski definition) is 2. The third-order valence-electron chi connectivity index (χ3n) is 3.42. The summed E-state index contributed by atoms with van der Waals surface area (Å²) >= 11 is 5.84. The molecule has 0 fully saturated rings. The largest absolute Gasteiger partial charge is 0.511 e. The molecule has 0 saturated carbocycles. The Morgan fingerprint density at radius 1 is 1.32 bits per heavy atom. The number of carbonyl (C=O) groups excluding carboxylic acids is 1. The second kappa shape index (κ2) is 9.41. The molecule has 0 unspecified atom stereocenters. The fourth-order valence-electron chi connectivity index (χ4n) is 2.02. The maximum Gasteiger partial charge on any atom is 0.511 e. The molecule has 1 amide bonds. The van der Waals surface area contributed by atoms with Crippen LogP contribution in [-0.4, -0.2) is 42.4 Å². The van der Waals surface area contributed by atoms with Gasteiger partial charge in [0.1, 0.15) is 23.6 Å². The number of halogens is 5. The topological polar surface area (TPSA) is 134 Å². The molecule has 0 bridgehead atoms. The molecule has 2 aromatic heterocycles. The highest BCUT2D eigenvalue weighted by molar-refractivity contribution is 7.90. The van der Waals surface area contributed by atoms with E-state index in [-0.39, 0.29) is 22.0 Å². The van der Waals surface area contributed by atoms with Crippen LogP contribution in [0.25, 0.3) is 0 Å². The number of pyridine rings is 2. The smallest absolute Gasteiger partial charge is 0.490 e. The monoisotopic (exact) mass is 481 g/mol. The van der Waals surface area contributed by atoms with E-state index >= 15 is 0 Å². The molecule has 166 valence electrons. The number of nitriles is 1. The van der Waals surface area contributed by atoms with Gasteiger partial charge in [-0.2, -0.15) is 18.4 Å². The number of ether oxygens (including phenoxy) is 1. The Kier molecular flexibility index (Phi) is 7.37. The van der Waals surface area contributed by atoms with Gasteiger partial charge in [-0.05, 0) is 19.1 Å². The second-order valence-corrected chi connectivity index (χ2v) is 7.97. The molecule has 0 aromatic carbocycles. The number of rotatable bonds is 7. The summed E-state index contributed by atoms with van der Waals surface area (Å²) in [6, 6.07) is 2.31. The van der Waals surface area contributed by atoms with E-state index in [0.717, 1.165) is 31.5 Å². The summed E-state index contributed by atoms with van der Waals surface area (Å²) in [7, 11) is -5.57. The summed E-state index contributed by atoms with van der Waals surface area (Å²) in [4.78, 5) is 19.6. The Bertz CT molecular complexity index is 1140. The zero-order valence-corrected chi connectivity index (χ0v) is 16.9. The summed E-state index contributed by atoms with van der Waals surface area (Å²) in [6.07, 6.45) is 2.08. The van der Waals surface area contributed by atoms with Crippen LogP contribution in [0, 0.1) is 17.1 Å². The van der Waals surface area contributed by atoms with Crippen molar-refractivity contribution >= 4 is 33.3 Å². The SMILES string of the molecule is C[C@@H](COc1cnc(Cl)c(C(=O)Nc2ncc(C#N)cc2F)c1)NS(=O)(=O)C(F)(F)F. The van der Waals surface area contributed by atoms with Crippen LogP contribution in [0.3, 0.4) is 0 Å². The number of amides is 1. The van der Waals surface area contributed by atoms with Gasteiger partial charge in [-0.1, -0.05) is 11.6 Å². The highest BCUT2D eigenvalue weighted by atomic mass is 35.5. The van der Waals surface area contributed by atoms with Crippen LogP contribution in [0.2, 0.25) is 5.15 Å². The van der Waals surface area contributed by atoms with Crippen molar-refractivity contribution in [3.05, 3.63) is 46.6 Å². The molecule has 2 rings (SSSR count). The van der Waals surface area contributed by atoms with Gasteiger partial charge < -0.3 is 10.1 Å². The lowest BCUT2D eigenvalue weighted by molar-refractivity contribution is -0.0451. The Morgan fingerprint density at radius 3 is 2.58 bits per heavy atom. The fourth-order valence-corrected chi connectivity index (χ4v) is 2.94. The second-order valence-electron chi connectivity index (χ2n) is 5.91. The first kappa shape index (κ1) is 24.3. The number of carbonyl (C=O) groups is 1. The minimum Gasteiger partial charge on any atom is -0.490 e. The molecule has 0 aliphatic heterocycles. The van der Waals surface area contributed by atoms with E-state index in [0.29, 0.717) is 0 Å². The highest BCUT2D eigenvalue weighted by Gasteiger charge is 2.46. The van der Waals surface area contributed by atoms with Crippen LogP contribution in [0.4, 0.5) is 23.4 Å².